The Morgan fingerprint density at radius 1 is 1.26 bits per heavy atom. The van der Waals surface area contributed by atoms with Gasteiger partial charge >= 0.3 is 5.97 Å². The first-order chi connectivity index (χ1) is 10.9. The van der Waals surface area contributed by atoms with Crippen molar-refractivity contribution < 1.29 is 18.3 Å². The van der Waals surface area contributed by atoms with Crippen LogP contribution >= 0.6 is 0 Å². The van der Waals surface area contributed by atoms with Crippen LogP contribution in [0.2, 0.25) is 0 Å². The molecule has 23 heavy (non-hydrogen) atoms. The molecule has 1 aromatic carbocycles. The maximum atomic E-state index is 13.1. The number of ether oxygens (including phenoxy) is 1. The van der Waals surface area contributed by atoms with Crippen molar-refractivity contribution in [3.05, 3.63) is 41.5 Å². The number of carbonyl (C=O) groups is 1. The molecule has 3 atom stereocenters. The molecule has 0 saturated heterocycles. The van der Waals surface area contributed by atoms with Gasteiger partial charge in [0.05, 0.1) is 0 Å². The molecule has 0 bridgehead atoms. The van der Waals surface area contributed by atoms with Crippen LogP contribution in [0.15, 0.2) is 24.3 Å². The Hall–Kier alpha value is -1.71. The Balaban J connectivity index is 1.99. The van der Waals surface area contributed by atoms with Crippen molar-refractivity contribution in [2.24, 2.45) is 17.8 Å². The summed E-state index contributed by atoms with van der Waals surface area (Å²) < 4.78 is 31.6. The van der Waals surface area contributed by atoms with Crippen molar-refractivity contribution in [1.29, 1.82) is 0 Å². The second kappa shape index (κ2) is 7.71. The fourth-order valence-corrected chi connectivity index (χ4v) is 3.22. The summed E-state index contributed by atoms with van der Waals surface area (Å²) in [5.41, 5.74) is 0.429. The predicted octanol–water partition coefficient (Wildman–Crippen LogP) is 4.98. The van der Waals surface area contributed by atoms with Crippen LogP contribution in [0.4, 0.5) is 8.78 Å². The SMILES string of the molecule is CC1CCC(C(C)C)C(OC(=O)C=Cc2ccc(F)c(F)c2)C1. The van der Waals surface area contributed by atoms with E-state index in [1.165, 1.54) is 24.6 Å². The molecular formula is C19H24F2O2. The molecule has 1 aromatic rings. The highest BCUT2D eigenvalue weighted by Gasteiger charge is 2.32. The third-order valence-corrected chi connectivity index (χ3v) is 4.58. The van der Waals surface area contributed by atoms with E-state index in [1.54, 1.807) is 0 Å². The van der Waals surface area contributed by atoms with Crippen LogP contribution in [-0.4, -0.2) is 12.1 Å². The van der Waals surface area contributed by atoms with Crippen molar-refractivity contribution in [3.8, 4) is 0 Å². The Labute approximate surface area is 136 Å². The molecule has 0 radical (unpaired) electrons. The Morgan fingerprint density at radius 3 is 2.65 bits per heavy atom. The third kappa shape index (κ3) is 4.88. The summed E-state index contributed by atoms with van der Waals surface area (Å²) in [6.45, 7) is 6.48. The molecule has 0 spiro atoms. The van der Waals surface area contributed by atoms with Crippen molar-refractivity contribution in [3.63, 3.8) is 0 Å². The molecule has 1 aliphatic carbocycles. The van der Waals surface area contributed by atoms with E-state index in [4.69, 9.17) is 4.74 Å². The Kier molecular flexibility index (Phi) is 5.91. The largest absolute Gasteiger partial charge is 0.459 e. The summed E-state index contributed by atoms with van der Waals surface area (Å²) in [7, 11) is 0. The Bertz CT molecular complexity index is 581. The lowest BCUT2D eigenvalue weighted by molar-refractivity contribution is -0.149. The quantitative estimate of drug-likeness (QED) is 0.577. The maximum Gasteiger partial charge on any atom is 0.331 e. The minimum Gasteiger partial charge on any atom is -0.459 e. The van der Waals surface area contributed by atoms with Gasteiger partial charge in [-0.05, 0) is 54.4 Å². The van der Waals surface area contributed by atoms with E-state index < -0.39 is 17.6 Å². The smallest absolute Gasteiger partial charge is 0.331 e. The summed E-state index contributed by atoms with van der Waals surface area (Å²) in [6, 6.07) is 3.51. The van der Waals surface area contributed by atoms with Crippen molar-refractivity contribution in [1.82, 2.24) is 0 Å². The first-order valence-corrected chi connectivity index (χ1v) is 8.20. The summed E-state index contributed by atoms with van der Waals surface area (Å²) in [5, 5.41) is 0. The normalized spacial score (nSPS) is 25.0. The topological polar surface area (TPSA) is 26.3 Å². The van der Waals surface area contributed by atoms with E-state index in [0.29, 0.717) is 23.3 Å². The minimum absolute atomic E-state index is 0.0687. The Morgan fingerprint density at radius 2 is 2.00 bits per heavy atom. The molecule has 0 amide bonds. The minimum atomic E-state index is -0.929. The molecular weight excluding hydrogens is 298 g/mol. The molecule has 0 N–H and O–H groups in total. The second-order valence-corrected chi connectivity index (χ2v) is 6.81. The standard InChI is InChI=1S/C19H24F2O2/c1-12(2)15-7-4-13(3)10-18(15)23-19(22)9-6-14-5-8-16(20)17(21)11-14/h5-6,8-9,11-13,15,18H,4,7,10H2,1-3H3. The lowest BCUT2D eigenvalue weighted by atomic mass is 9.75. The molecule has 0 aromatic heterocycles. The van der Waals surface area contributed by atoms with Crippen LogP contribution in [0.25, 0.3) is 6.08 Å². The fourth-order valence-electron chi connectivity index (χ4n) is 3.22. The first kappa shape index (κ1) is 17.6. The van der Waals surface area contributed by atoms with Crippen LogP contribution in [0.5, 0.6) is 0 Å². The second-order valence-electron chi connectivity index (χ2n) is 6.81. The molecule has 0 heterocycles. The number of hydrogen-bond donors (Lipinski definition) is 0. The third-order valence-electron chi connectivity index (χ3n) is 4.58. The van der Waals surface area contributed by atoms with Gasteiger partial charge < -0.3 is 4.74 Å². The molecule has 2 rings (SSSR count). The van der Waals surface area contributed by atoms with Crippen LogP contribution in [0.3, 0.4) is 0 Å². The zero-order chi connectivity index (χ0) is 17.0. The van der Waals surface area contributed by atoms with E-state index in [0.717, 1.165) is 25.0 Å². The van der Waals surface area contributed by atoms with Gasteiger partial charge in [-0.1, -0.05) is 33.3 Å². The van der Waals surface area contributed by atoms with Gasteiger partial charge in [-0.15, -0.1) is 0 Å². The van der Waals surface area contributed by atoms with Gasteiger partial charge in [0.15, 0.2) is 11.6 Å². The number of esters is 1. The number of benzene rings is 1. The summed E-state index contributed by atoms with van der Waals surface area (Å²) in [5.74, 6) is -0.859. The molecule has 0 aliphatic heterocycles. The van der Waals surface area contributed by atoms with Crippen molar-refractivity contribution in [2.75, 3.05) is 0 Å². The van der Waals surface area contributed by atoms with Crippen LogP contribution in [0, 0.1) is 29.4 Å². The van der Waals surface area contributed by atoms with Crippen LogP contribution in [-0.2, 0) is 9.53 Å². The lowest BCUT2D eigenvalue weighted by Crippen LogP contribution is -2.35. The van der Waals surface area contributed by atoms with Crippen LogP contribution < -0.4 is 0 Å². The molecule has 2 nitrogen and oxygen atoms in total. The van der Waals surface area contributed by atoms with Gasteiger partial charge in [0.1, 0.15) is 6.10 Å². The van der Waals surface area contributed by atoms with Gasteiger partial charge in [-0.2, -0.15) is 0 Å². The predicted molar refractivity (Wildman–Crippen MR) is 86.6 cm³/mol. The highest BCUT2D eigenvalue weighted by Crippen LogP contribution is 2.35. The van der Waals surface area contributed by atoms with Crippen molar-refractivity contribution >= 4 is 12.0 Å². The molecule has 1 saturated carbocycles. The zero-order valence-corrected chi connectivity index (χ0v) is 13.9. The monoisotopic (exact) mass is 322 g/mol. The fraction of sp³-hybridized carbons (Fsp3) is 0.526. The number of halogens is 2. The number of carbonyl (C=O) groups excluding carboxylic acids is 1. The van der Waals surface area contributed by atoms with Crippen molar-refractivity contribution in [2.45, 2.75) is 46.1 Å². The van der Waals surface area contributed by atoms with E-state index >= 15 is 0 Å². The average molecular weight is 322 g/mol. The zero-order valence-electron chi connectivity index (χ0n) is 13.9. The molecule has 3 unspecified atom stereocenters. The molecule has 1 aliphatic rings. The van der Waals surface area contributed by atoms with E-state index in [2.05, 4.69) is 20.8 Å². The summed E-state index contributed by atoms with van der Waals surface area (Å²) in [4.78, 5) is 12.0. The summed E-state index contributed by atoms with van der Waals surface area (Å²) >= 11 is 0. The highest BCUT2D eigenvalue weighted by atomic mass is 19.2. The van der Waals surface area contributed by atoms with Gasteiger partial charge in [0.25, 0.3) is 0 Å². The average Bonchev–Trinajstić information content (AvgIpc) is 2.48. The number of hydrogen-bond acceptors (Lipinski definition) is 2. The first-order valence-electron chi connectivity index (χ1n) is 8.20. The van der Waals surface area contributed by atoms with E-state index in [-0.39, 0.29) is 6.10 Å². The number of rotatable bonds is 4. The highest BCUT2D eigenvalue weighted by molar-refractivity contribution is 5.87. The lowest BCUT2D eigenvalue weighted by Gasteiger charge is -2.36. The van der Waals surface area contributed by atoms with Gasteiger partial charge in [-0.3, -0.25) is 0 Å². The molecule has 1 fully saturated rings. The maximum absolute atomic E-state index is 13.1. The molecule has 4 heteroatoms. The van der Waals surface area contributed by atoms with E-state index in [1.807, 2.05) is 0 Å². The van der Waals surface area contributed by atoms with E-state index in [9.17, 15) is 13.6 Å². The summed E-state index contributed by atoms with van der Waals surface area (Å²) in [6.07, 6.45) is 5.78. The van der Waals surface area contributed by atoms with Gasteiger partial charge in [-0.25, -0.2) is 13.6 Å². The van der Waals surface area contributed by atoms with Crippen LogP contribution in [0.1, 0.15) is 45.6 Å². The van der Waals surface area contributed by atoms with Gasteiger partial charge in [0, 0.05) is 6.08 Å². The van der Waals surface area contributed by atoms with Gasteiger partial charge in [0.2, 0.25) is 0 Å². The molecule has 126 valence electrons.